The van der Waals surface area contributed by atoms with Crippen LogP contribution >= 0.6 is 0 Å². The van der Waals surface area contributed by atoms with Gasteiger partial charge in [-0.05, 0) is 31.5 Å². The van der Waals surface area contributed by atoms with E-state index in [9.17, 15) is 4.79 Å². The van der Waals surface area contributed by atoms with E-state index in [0.717, 1.165) is 5.56 Å². The van der Waals surface area contributed by atoms with Gasteiger partial charge in [0.1, 0.15) is 0 Å². The van der Waals surface area contributed by atoms with E-state index < -0.39 is 6.04 Å². The topological polar surface area (TPSA) is 61.6 Å². The summed E-state index contributed by atoms with van der Waals surface area (Å²) in [6.45, 7) is 3.74. The molecule has 2 N–H and O–H groups in total. The maximum atomic E-state index is 11.7. The van der Waals surface area contributed by atoms with Gasteiger partial charge in [-0.2, -0.15) is 0 Å². The molecule has 0 radical (unpaired) electrons. The van der Waals surface area contributed by atoms with Gasteiger partial charge in [-0.1, -0.05) is 0 Å². The lowest BCUT2D eigenvalue weighted by molar-refractivity contribution is 0.0967. The third-order valence-electron chi connectivity index (χ3n) is 2.40. The van der Waals surface area contributed by atoms with Crippen LogP contribution in [-0.4, -0.2) is 18.6 Å². The highest BCUT2D eigenvalue weighted by atomic mass is 16.7. The van der Waals surface area contributed by atoms with E-state index in [1.54, 1.807) is 19.1 Å². The van der Waals surface area contributed by atoms with Gasteiger partial charge in [0.25, 0.3) is 0 Å². The highest BCUT2D eigenvalue weighted by Crippen LogP contribution is 2.34. The van der Waals surface area contributed by atoms with E-state index in [2.05, 4.69) is 0 Å². The average Bonchev–Trinajstić information content (AvgIpc) is 2.62. The predicted molar refractivity (Wildman–Crippen MR) is 55.3 cm³/mol. The minimum atomic E-state index is -0.496. The first-order chi connectivity index (χ1) is 7.09. The summed E-state index contributed by atoms with van der Waals surface area (Å²) in [6.07, 6.45) is 0. The Morgan fingerprint density at radius 2 is 2.00 bits per heavy atom. The Kier molecular flexibility index (Phi) is 2.36. The van der Waals surface area contributed by atoms with Gasteiger partial charge >= 0.3 is 0 Å². The Balaban J connectivity index is 2.45. The van der Waals surface area contributed by atoms with Crippen molar-refractivity contribution < 1.29 is 14.3 Å². The lowest BCUT2D eigenvalue weighted by atomic mass is 10.00. The predicted octanol–water partition coefficient (Wildman–Crippen LogP) is 1.25. The lowest BCUT2D eigenvalue weighted by Crippen LogP contribution is -2.27. The Bertz CT molecular complexity index is 413. The molecule has 80 valence electrons. The molecular weight excluding hydrogens is 194 g/mol. The molecule has 0 saturated heterocycles. The summed E-state index contributed by atoms with van der Waals surface area (Å²) in [4.78, 5) is 11.7. The van der Waals surface area contributed by atoms with Gasteiger partial charge < -0.3 is 15.2 Å². The van der Waals surface area contributed by atoms with E-state index in [1.807, 2.05) is 6.92 Å². The first-order valence-electron chi connectivity index (χ1n) is 4.79. The normalized spacial score (nSPS) is 15.1. The van der Waals surface area contributed by atoms with Crippen LogP contribution in [-0.2, 0) is 0 Å². The molecule has 0 spiro atoms. The zero-order valence-electron chi connectivity index (χ0n) is 8.74. The number of nitrogens with two attached hydrogens (primary N) is 1. The van der Waals surface area contributed by atoms with Gasteiger partial charge in [0.2, 0.25) is 6.79 Å². The number of hydrogen-bond acceptors (Lipinski definition) is 4. The minimum Gasteiger partial charge on any atom is -0.454 e. The van der Waals surface area contributed by atoms with E-state index in [-0.39, 0.29) is 12.6 Å². The number of carbonyl (C=O) groups excluding carboxylic acids is 1. The first-order valence-corrected chi connectivity index (χ1v) is 4.79. The molecule has 0 amide bonds. The molecule has 1 aliphatic heterocycles. The fourth-order valence-electron chi connectivity index (χ4n) is 1.55. The second-order valence-corrected chi connectivity index (χ2v) is 3.67. The number of rotatable bonds is 2. The van der Waals surface area contributed by atoms with Crippen LogP contribution < -0.4 is 15.2 Å². The summed E-state index contributed by atoms with van der Waals surface area (Å²) in [5.74, 6) is 1.23. The van der Waals surface area contributed by atoms with Crippen LogP contribution in [0.1, 0.15) is 22.8 Å². The maximum Gasteiger partial charge on any atom is 0.231 e. The molecule has 0 saturated carbocycles. The summed E-state index contributed by atoms with van der Waals surface area (Å²) in [5, 5.41) is 0. The van der Waals surface area contributed by atoms with Gasteiger partial charge in [0.05, 0.1) is 6.04 Å². The number of fused-ring (bicyclic) bond motifs is 1. The Morgan fingerprint density at radius 1 is 1.40 bits per heavy atom. The van der Waals surface area contributed by atoms with Crippen molar-refractivity contribution in [1.29, 1.82) is 0 Å². The Labute approximate surface area is 88.0 Å². The molecule has 0 fully saturated rings. The molecular formula is C11H13NO3. The second-order valence-electron chi connectivity index (χ2n) is 3.67. The summed E-state index contributed by atoms with van der Waals surface area (Å²) in [6, 6.07) is 3.01. The zero-order valence-corrected chi connectivity index (χ0v) is 8.74. The number of benzene rings is 1. The number of Topliss-reactive ketones (excluding diaryl/α,β-unsaturated/α-hetero) is 1. The van der Waals surface area contributed by atoms with Crippen molar-refractivity contribution in [3.05, 3.63) is 23.3 Å². The van der Waals surface area contributed by atoms with Crippen molar-refractivity contribution in [2.24, 2.45) is 5.73 Å². The molecule has 2 rings (SSSR count). The van der Waals surface area contributed by atoms with Crippen LogP contribution in [0.4, 0.5) is 0 Å². The molecule has 4 heteroatoms. The van der Waals surface area contributed by atoms with E-state index in [0.29, 0.717) is 17.1 Å². The van der Waals surface area contributed by atoms with Crippen LogP contribution in [0.25, 0.3) is 0 Å². The van der Waals surface area contributed by atoms with Crippen molar-refractivity contribution in [3.8, 4) is 11.5 Å². The fourth-order valence-corrected chi connectivity index (χ4v) is 1.55. The number of hydrogen-bond donors (Lipinski definition) is 1. The number of carbonyl (C=O) groups is 1. The largest absolute Gasteiger partial charge is 0.454 e. The smallest absolute Gasteiger partial charge is 0.231 e. The van der Waals surface area contributed by atoms with Gasteiger partial charge in [0.15, 0.2) is 17.3 Å². The fraction of sp³-hybridized carbons (Fsp3) is 0.364. The molecule has 1 heterocycles. The summed E-state index contributed by atoms with van der Waals surface area (Å²) in [5.41, 5.74) is 7.03. The van der Waals surface area contributed by atoms with Crippen LogP contribution in [0, 0.1) is 6.92 Å². The van der Waals surface area contributed by atoms with Crippen molar-refractivity contribution in [1.82, 2.24) is 0 Å². The third kappa shape index (κ3) is 1.68. The molecule has 1 aromatic carbocycles. The molecule has 1 atom stereocenters. The lowest BCUT2D eigenvalue weighted by Gasteiger charge is -2.08. The Hall–Kier alpha value is -1.55. The first kappa shape index (κ1) is 9.98. The van der Waals surface area contributed by atoms with Crippen LogP contribution in [0.15, 0.2) is 12.1 Å². The summed E-state index contributed by atoms with van der Waals surface area (Å²) >= 11 is 0. The molecule has 15 heavy (non-hydrogen) atoms. The maximum absolute atomic E-state index is 11.7. The summed E-state index contributed by atoms with van der Waals surface area (Å²) in [7, 11) is 0. The zero-order chi connectivity index (χ0) is 11.0. The Morgan fingerprint density at radius 3 is 2.60 bits per heavy atom. The van der Waals surface area contributed by atoms with Gasteiger partial charge in [0, 0.05) is 5.56 Å². The van der Waals surface area contributed by atoms with Gasteiger partial charge in [-0.3, -0.25) is 4.79 Å². The monoisotopic (exact) mass is 207 g/mol. The highest BCUT2D eigenvalue weighted by Gasteiger charge is 2.20. The van der Waals surface area contributed by atoms with Crippen molar-refractivity contribution >= 4 is 5.78 Å². The molecule has 1 aliphatic rings. The second kappa shape index (κ2) is 3.55. The molecule has 0 bridgehead atoms. The molecule has 0 aliphatic carbocycles. The van der Waals surface area contributed by atoms with Crippen molar-refractivity contribution in [3.63, 3.8) is 0 Å². The van der Waals surface area contributed by atoms with Crippen LogP contribution in [0.5, 0.6) is 11.5 Å². The quantitative estimate of drug-likeness (QED) is 0.741. The number of ketones is 1. The standard InChI is InChI=1S/C11H13NO3/c1-6-3-9-10(15-5-14-9)4-8(6)11(13)7(2)12/h3-4,7H,5,12H2,1-2H3. The number of aryl methyl sites for hydroxylation is 1. The molecule has 1 unspecified atom stereocenters. The summed E-state index contributed by atoms with van der Waals surface area (Å²) < 4.78 is 10.4. The van der Waals surface area contributed by atoms with Gasteiger partial charge in [-0.15, -0.1) is 0 Å². The van der Waals surface area contributed by atoms with E-state index >= 15 is 0 Å². The minimum absolute atomic E-state index is 0.0780. The number of ether oxygens (including phenoxy) is 2. The SMILES string of the molecule is Cc1cc2c(cc1C(=O)C(C)N)OCO2. The molecule has 0 aromatic heterocycles. The molecule has 4 nitrogen and oxygen atoms in total. The van der Waals surface area contributed by atoms with E-state index in [4.69, 9.17) is 15.2 Å². The van der Waals surface area contributed by atoms with Gasteiger partial charge in [-0.25, -0.2) is 0 Å². The molecule has 1 aromatic rings. The van der Waals surface area contributed by atoms with Crippen LogP contribution in [0.3, 0.4) is 0 Å². The van der Waals surface area contributed by atoms with Crippen molar-refractivity contribution in [2.75, 3.05) is 6.79 Å². The van der Waals surface area contributed by atoms with Crippen LogP contribution in [0.2, 0.25) is 0 Å². The highest BCUT2D eigenvalue weighted by molar-refractivity contribution is 6.01. The van der Waals surface area contributed by atoms with E-state index in [1.165, 1.54) is 0 Å². The van der Waals surface area contributed by atoms with Crippen molar-refractivity contribution in [2.45, 2.75) is 19.9 Å². The average molecular weight is 207 g/mol. The third-order valence-corrected chi connectivity index (χ3v) is 2.40.